The molecule has 0 radical (unpaired) electrons. The van der Waals surface area contributed by atoms with E-state index < -0.39 is 29.8 Å². The fraction of sp³-hybridized carbons (Fsp3) is 0.158. The molecule has 1 fully saturated rings. The third-order valence-corrected chi connectivity index (χ3v) is 5.09. The molecule has 1 atom stereocenters. The summed E-state index contributed by atoms with van der Waals surface area (Å²) in [6, 6.07) is 10.5. The van der Waals surface area contributed by atoms with E-state index in [1.807, 2.05) is 0 Å². The zero-order valence-electron chi connectivity index (χ0n) is 14.7. The van der Waals surface area contributed by atoms with Gasteiger partial charge in [-0.2, -0.15) is 0 Å². The SMILES string of the molecule is C[C@]1(c2ccc(Cl)cc2)NC(=O)N(CC(=O)c2ccc3[nH]c(=O)[nH]c3c2)C1=O. The van der Waals surface area contributed by atoms with Crippen LogP contribution in [0.4, 0.5) is 4.79 Å². The van der Waals surface area contributed by atoms with Crippen LogP contribution < -0.4 is 11.0 Å². The van der Waals surface area contributed by atoms with Crippen LogP contribution >= 0.6 is 11.6 Å². The van der Waals surface area contributed by atoms with Gasteiger partial charge in [-0.15, -0.1) is 0 Å². The highest BCUT2D eigenvalue weighted by molar-refractivity contribution is 6.30. The first-order valence-electron chi connectivity index (χ1n) is 8.43. The number of carbonyl (C=O) groups is 3. The van der Waals surface area contributed by atoms with E-state index in [0.29, 0.717) is 21.6 Å². The van der Waals surface area contributed by atoms with Gasteiger partial charge in [-0.3, -0.25) is 14.5 Å². The molecule has 9 heteroatoms. The summed E-state index contributed by atoms with van der Waals surface area (Å²) in [6.07, 6.45) is 0. The van der Waals surface area contributed by atoms with Crippen molar-refractivity contribution in [2.45, 2.75) is 12.5 Å². The Hall–Kier alpha value is -3.39. The molecule has 1 saturated heterocycles. The average molecular weight is 399 g/mol. The van der Waals surface area contributed by atoms with Gasteiger partial charge < -0.3 is 15.3 Å². The number of nitrogens with one attached hydrogen (secondary N) is 3. The zero-order valence-corrected chi connectivity index (χ0v) is 15.5. The molecule has 3 amide bonds. The van der Waals surface area contributed by atoms with Crippen molar-refractivity contribution in [2.24, 2.45) is 0 Å². The first-order valence-corrected chi connectivity index (χ1v) is 8.81. The third-order valence-electron chi connectivity index (χ3n) is 4.84. The second kappa shape index (κ2) is 6.35. The van der Waals surface area contributed by atoms with Gasteiger partial charge in [0.25, 0.3) is 5.91 Å². The van der Waals surface area contributed by atoms with Crippen molar-refractivity contribution in [3.63, 3.8) is 0 Å². The molecule has 0 bridgehead atoms. The van der Waals surface area contributed by atoms with Crippen LogP contribution in [0.15, 0.2) is 47.3 Å². The van der Waals surface area contributed by atoms with Crippen LogP contribution in [0.2, 0.25) is 5.02 Å². The fourth-order valence-corrected chi connectivity index (χ4v) is 3.39. The van der Waals surface area contributed by atoms with Gasteiger partial charge in [0.2, 0.25) is 0 Å². The number of halogens is 1. The van der Waals surface area contributed by atoms with Gasteiger partial charge in [-0.1, -0.05) is 23.7 Å². The number of rotatable bonds is 4. The standard InChI is InChI=1S/C19H15ClN4O4/c1-19(11-3-5-12(20)6-4-11)16(26)24(18(28)23-19)9-15(25)10-2-7-13-14(8-10)22-17(27)21-13/h2-8H,9H2,1H3,(H,23,28)(H2,21,22,27)/t19-/m1/s1. The van der Waals surface area contributed by atoms with Gasteiger partial charge in [0.15, 0.2) is 5.78 Å². The average Bonchev–Trinajstić information content (AvgIpc) is 3.13. The van der Waals surface area contributed by atoms with E-state index in [0.717, 1.165) is 4.90 Å². The van der Waals surface area contributed by atoms with Crippen molar-refractivity contribution < 1.29 is 14.4 Å². The smallest absolute Gasteiger partial charge is 0.319 e. The molecule has 2 heterocycles. The Bertz CT molecular complexity index is 1180. The van der Waals surface area contributed by atoms with Crippen LogP contribution in [0.5, 0.6) is 0 Å². The van der Waals surface area contributed by atoms with Crippen molar-refractivity contribution in [3.8, 4) is 0 Å². The predicted octanol–water partition coefficient (Wildman–Crippen LogP) is 2.16. The molecule has 8 nitrogen and oxygen atoms in total. The number of imide groups is 1. The molecule has 0 spiro atoms. The van der Waals surface area contributed by atoms with Crippen LogP contribution in [0.25, 0.3) is 11.0 Å². The summed E-state index contributed by atoms with van der Waals surface area (Å²) in [5.74, 6) is -0.947. The second-order valence-corrected chi connectivity index (χ2v) is 7.15. The van der Waals surface area contributed by atoms with Crippen molar-refractivity contribution in [3.05, 3.63) is 69.1 Å². The first kappa shape index (κ1) is 18.0. The monoisotopic (exact) mass is 398 g/mol. The molecule has 3 N–H and O–H groups in total. The molecule has 1 aliphatic heterocycles. The van der Waals surface area contributed by atoms with Gasteiger partial charge in [-0.25, -0.2) is 9.59 Å². The highest BCUT2D eigenvalue weighted by atomic mass is 35.5. The molecule has 4 rings (SSSR count). The number of carbonyl (C=O) groups excluding carboxylic acids is 3. The third kappa shape index (κ3) is 2.87. The highest BCUT2D eigenvalue weighted by Gasteiger charge is 2.49. The van der Waals surface area contributed by atoms with Gasteiger partial charge in [-0.05, 0) is 42.8 Å². The number of nitrogens with zero attached hydrogens (tertiary/aromatic N) is 1. The number of hydrogen-bond acceptors (Lipinski definition) is 4. The van der Waals surface area contributed by atoms with Crippen LogP contribution in [-0.4, -0.2) is 39.1 Å². The molecule has 1 aliphatic rings. The zero-order chi connectivity index (χ0) is 20.1. The number of hydrogen-bond donors (Lipinski definition) is 3. The molecule has 0 saturated carbocycles. The van der Waals surface area contributed by atoms with Crippen molar-refractivity contribution in [1.82, 2.24) is 20.2 Å². The quantitative estimate of drug-likeness (QED) is 0.461. The number of fused-ring (bicyclic) bond motifs is 1. The maximum absolute atomic E-state index is 12.9. The molecular formula is C19H15ClN4O4. The van der Waals surface area contributed by atoms with Gasteiger partial charge in [0, 0.05) is 10.6 Å². The minimum absolute atomic E-state index is 0.281. The lowest BCUT2D eigenvalue weighted by molar-refractivity contribution is -0.130. The van der Waals surface area contributed by atoms with E-state index in [-0.39, 0.29) is 11.3 Å². The first-order chi connectivity index (χ1) is 13.3. The summed E-state index contributed by atoms with van der Waals surface area (Å²) in [7, 11) is 0. The maximum Gasteiger partial charge on any atom is 0.325 e. The summed E-state index contributed by atoms with van der Waals surface area (Å²) in [5.41, 5.74) is 0.218. The number of urea groups is 1. The Balaban J connectivity index is 1.59. The van der Waals surface area contributed by atoms with E-state index >= 15 is 0 Å². The molecule has 142 valence electrons. The molecule has 0 aliphatic carbocycles. The Kier molecular flexibility index (Phi) is 4.08. The van der Waals surface area contributed by atoms with Crippen LogP contribution in [0, 0.1) is 0 Å². The number of benzene rings is 2. The van der Waals surface area contributed by atoms with E-state index in [1.165, 1.54) is 12.1 Å². The van der Waals surface area contributed by atoms with E-state index in [4.69, 9.17) is 11.6 Å². The molecule has 2 aromatic carbocycles. The van der Waals surface area contributed by atoms with E-state index in [9.17, 15) is 19.2 Å². The molecule has 1 aromatic heterocycles. The normalized spacial score (nSPS) is 19.3. The van der Waals surface area contributed by atoms with Gasteiger partial charge in [0.05, 0.1) is 17.6 Å². The second-order valence-electron chi connectivity index (χ2n) is 6.72. The number of aromatic amines is 2. The van der Waals surface area contributed by atoms with Crippen molar-refractivity contribution in [2.75, 3.05) is 6.54 Å². The molecule has 3 aromatic rings. The lowest BCUT2D eigenvalue weighted by atomic mass is 9.92. The molecule has 28 heavy (non-hydrogen) atoms. The van der Waals surface area contributed by atoms with Crippen LogP contribution in [0.3, 0.4) is 0 Å². The Morgan fingerprint density at radius 1 is 1.04 bits per heavy atom. The summed E-state index contributed by atoms with van der Waals surface area (Å²) in [6.45, 7) is 1.17. The Morgan fingerprint density at radius 2 is 1.71 bits per heavy atom. The minimum Gasteiger partial charge on any atom is -0.319 e. The highest BCUT2D eigenvalue weighted by Crippen LogP contribution is 2.29. The van der Waals surface area contributed by atoms with Crippen LogP contribution in [-0.2, 0) is 10.3 Å². The number of aromatic nitrogens is 2. The Labute approximate surface area is 163 Å². The fourth-order valence-electron chi connectivity index (χ4n) is 3.26. The van der Waals surface area contributed by atoms with E-state index in [2.05, 4.69) is 15.3 Å². The number of amides is 3. The van der Waals surface area contributed by atoms with Gasteiger partial charge >= 0.3 is 11.7 Å². The number of ketones is 1. The number of H-pyrrole nitrogens is 2. The summed E-state index contributed by atoms with van der Waals surface area (Å²) in [5, 5.41) is 3.15. The predicted molar refractivity (Wildman–Crippen MR) is 102 cm³/mol. The minimum atomic E-state index is -1.28. The van der Waals surface area contributed by atoms with Crippen molar-refractivity contribution in [1.29, 1.82) is 0 Å². The van der Waals surface area contributed by atoms with Gasteiger partial charge in [0.1, 0.15) is 5.54 Å². The lowest BCUT2D eigenvalue weighted by Crippen LogP contribution is -2.41. The van der Waals surface area contributed by atoms with E-state index in [1.54, 1.807) is 37.3 Å². The number of imidazole rings is 1. The maximum atomic E-state index is 12.9. The molecule has 0 unspecified atom stereocenters. The molecular weight excluding hydrogens is 384 g/mol. The van der Waals surface area contributed by atoms with Crippen molar-refractivity contribution >= 4 is 40.4 Å². The summed E-state index contributed by atoms with van der Waals surface area (Å²) >= 11 is 5.89. The number of Topliss-reactive ketones (excluding diaryl/α,β-unsaturated/α-hetero) is 1. The summed E-state index contributed by atoms with van der Waals surface area (Å²) in [4.78, 5) is 55.3. The summed E-state index contributed by atoms with van der Waals surface area (Å²) < 4.78 is 0. The lowest BCUT2D eigenvalue weighted by Gasteiger charge is -2.22. The van der Waals surface area contributed by atoms with Crippen LogP contribution in [0.1, 0.15) is 22.8 Å². The largest absolute Gasteiger partial charge is 0.325 e. The Morgan fingerprint density at radius 3 is 2.43 bits per heavy atom. The topological polar surface area (TPSA) is 115 Å².